The number of nitrogens with one attached hydrogen (secondary N) is 2. The molecule has 4 nitrogen and oxygen atoms in total. The van der Waals surface area contributed by atoms with Gasteiger partial charge in [0.2, 0.25) is 5.91 Å². The number of rotatable bonds is 3. The Labute approximate surface area is 98.2 Å². The fraction of sp³-hybridized carbons (Fsp3) is 0.333. The molecule has 1 heterocycles. The number of carbonyl (C=O) groups excluding carboxylic acids is 2. The molecule has 1 aromatic rings. The average molecular weight is 236 g/mol. The van der Waals surface area contributed by atoms with Crippen LogP contribution in [0.15, 0.2) is 24.3 Å². The summed E-state index contributed by atoms with van der Waals surface area (Å²) in [5.74, 6) is -1.84. The van der Waals surface area contributed by atoms with Crippen LogP contribution < -0.4 is 10.6 Å². The maximum Gasteiger partial charge on any atom is 0.232 e. The third-order valence-corrected chi connectivity index (χ3v) is 2.86. The Kier molecular flexibility index (Phi) is 3.19. The maximum atomic E-state index is 13.5. The minimum atomic E-state index is -0.859. The van der Waals surface area contributed by atoms with E-state index in [0.717, 1.165) is 0 Å². The molecule has 1 aliphatic rings. The second-order valence-corrected chi connectivity index (χ2v) is 3.98. The van der Waals surface area contributed by atoms with Crippen molar-refractivity contribution in [3.05, 3.63) is 35.6 Å². The van der Waals surface area contributed by atoms with Gasteiger partial charge >= 0.3 is 0 Å². The van der Waals surface area contributed by atoms with Gasteiger partial charge in [-0.2, -0.15) is 0 Å². The highest BCUT2D eigenvalue weighted by molar-refractivity contribution is 6.10. The van der Waals surface area contributed by atoms with Crippen molar-refractivity contribution in [3.8, 4) is 0 Å². The molecule has 1 aromatic carbocycles. The fourth-order valence-corrected chi connectivity index (χ4v) is 1.98. The quantitative estimate of drug-likeness (QED) is 0.747. The van der Waals surface area contributed by atoms with E-state index in [1.54, 1.807) is 19.2 Å². The summed E-state index contributed by atoms with van der Waals surface area (Å²) in [6.07, 6.45) is 0. The SMILES string of the molecule is CNCC1C(=O)NC(c2ccccc2F)C1=O. The summed E-state index contributed by atoms with van der Waals surface area (Å²) in [5.41, 5.74) is 0.226. The van der Waals surface area contributed by atoms with E-state index in [1.165, 1.54) is 12.1 Å². The summed E-state index contributed by atoms with van der Waals surface area (Å²) < 4.78 is 13.5. The second kappa shape index (κ2) is 4.63. The zero-order valence-corrected chi connectivity index (χ0v) is 9.37. The van der Waals surface area contributed by atoms with Gasteiger partial charge in [0.15, 0.2) is 5.78 Å². The highest BCUT2D eigenvalue weighted by Crippen LogP contribution is 2.26. The van der Waals surface area contributed by atoms with Crippen molar-refractivity contribution in [1.82, 2.24) is 10.6 Å². The Hall–Kier alpha value is -1.75. The van der Waals surface area contributed by atoms with E-state index in [9.17, 15) is 14.0 Å². The van der Waals surface area contributed by atoms with Gasteiger partial charge in [-0.05, 0) is 13.1 Å². The highest BCUT2D eigenvalue weighted by Gasteiger charge is 2.41. The first-order valence-corrected chi connectivity index (χ1v) is 5.38. The van der Waals surface area contributed by atoms with Gasteiger partial charge in [-0.3, -0.25) is 9.59 Å². The Bertz CT molecular complexity index is 462. The standard InChI is InChI=1S/C12H13FN2O2/c1-14-6-8-11(16)10(15-12(8)17)7-4-2-3-5-9(7)13/h2-5,8,10,14H,6H2,1H3,(H,15,17). The van der Waals surface area contributed by atoms with E-state index in [0.29, 0.717) is 0 Å². The lowest BCUT2D eigenvalue weighted by Gasteiger charge is -2.10. The number of amides is 1. The molecule has 0 aliphatic carbocycles. The van der Waals surface area contributed by atoms with Crippen LogP contribution in [0.3, 0.4) is 0 Å². The summed E-state index contributed by atoms with van der Waals surface area (Å²) in [5, 5.41) is 5.31. The summed E-state index contributed by atoms with van der Waals surface area (Å²) >= 11 is 0. The largest absolute Gasteiger partial charge is 0.341 e. The van der Waals surface area contributed by atoms with Crippen LogP contribution in [0.1, 0.15) is 11.6 Å². The van der Waals surface area contributed by atoms with Crippen molar-refractivity contribution in [2.24, 2.45) is 5.92 Å². The van der Waals surface area contributed by atoms with Crippen LogP contribution in [0.2, 0.25) is 0 Å². The smallest absolute Gasteiger partial charge is 0.232 e. The molecule has 0 spiro atoms. The summed E-state index contributed by atoms with van der Waals surface area (Å²) in [7, 11) is 1.66. The Morgan fingerprint density at radius 2 is 2.06 bits per heavy atom. The summed E-state index contributed by atoms with van der Waals surface area (Å²) in [6.45, 7) is 0.273. The minimum Gasteiger partial charge on any atom is -0.341 e. The van der Waals surface area contributed by atoms with Crippen molar-refractivity contribution in [2.75, 3.05) is 13.6 Å². The molecule has 1 aliphatic heterocycles. The molecule has 1 amide bonds. The summed E-state index contributed by atoms with van der Waals surface area (Å²) in [4.78, 5) is 23.5. The number of carbonyl (C=O) groups is 2. The van der Waals surface area contributed by atoms with Crippen molar-refractivity contribution in [2.45, 2.75) is 6.04 Å². The molecule has 2 atom stereocenters. The molecule has 0 saturated carbocycles. The Morgan fingerprint density at radius 3 is 2.71 bits per heavy atom. The van der Waals surface area contributed by atoms with Crippen LogP contribution in [-0.2, 0) is 9.59 Å². The fourth-order valence-electron chi connectivity index (χ4n) is 1.98. The molecule has 1 fully saturated rings. The molecule has 2 N–H and O–H groups in total. The summed E-state index contributed by atoms with van der Waals surface area (Å²) in [6, 6.07) is 5.12. The molecular weight excluding hydrogens is 223 g/mol. The van der Waals surface area contributed by atoms with Gasteiger partial charge in [0.05, 0.1) is 0 Å². The maximum absolute atomic E-state index is 13.5. The van der Waals surface area contributed by atoms with E-state index in [4.69, 9.17) is 0 Å². The average Bonchev–Trinajstić information content (AvgIpc) is 2.58. The highest BCUT2D eigenvalue weighted by atomic mass is 19.1. The van der Waals surface area contributed by atoms with Gasteiger partial charge in [-0.15, -0.1) is 0 Å². The van der Waals surface area contributed by atoms with Gasteiger partial charge < -0.3 is 10.6 Å². The molecule has 0 radical (unpaired) electrons. The van der Waals surface area contributed by atoms with Crippen LogP contribution in [0.4, 0.5) is 4.39 Å². The molecule has 17 heavy (non-hydrogen) atoms. The van der Waals surface area contributed by atoms with Gasteiger partial charge in [-0.25, -0.2) is 4.39 Å². The first-order valence-electron chi connectivity index (χ1n) is 5.38. The van der Waals surface area contributed by atoms with Crippen LogP contribution >= 0.6 is 0 Å². The molecular formula is C12H13FN2O2. The van der Waals surface area contributed by atoms with Crippen LogP contribution in [0, 0.1) is 11.7 Å². The van der Waals surface area contributed by atoms with Crippen molar-refractivity contribution < 1.29 is 14.0 Å². The molecule has 5 heteroatoms. The van der Waals surface area contributed by atoms with Gasteiger partial charge in [0.1, 0.15) is 17.8 Å². The predicted molar refractivity (Wildman–Crippen MR) is 59.7 cm³/mol. The molecule has 2 rings (SSSR count). The number of halogens is 1. The van der Waals surface area contributed by atoms with Crippen molar-refractivity contribution >= 4 is 11.7 Å². The molecule has 2 unspecified atom stereocenters. The van der Waals surface area contributed by atoms with Crippen LogP contribution in [0.25, 0.3) is 0 Å². The minimum absolute atomic E-state index is 0.226. The molecule has 90 valence electrons. The lowest BCUT2D eigenvalue weighted by molar-refractivity contribution is -0.127. The molecule has 1 saturated heterocycles. The van der Waals surface area contributed by atoms with E-state index >= 15 is 0 Å². The number of Topliss-reactive ketones (excluding diaryl/α,β-unsaturated/α-hetero) is 1. The zero-order chi connectivity index (χ0) is 12.4. The Balaban J connectivity index is 2.28. The number of hydrogen-bond donors (Lipinski definition) is 2. The van der Waals surface area contributed by atoms with Gasteiger partial charge in [0, 0.05) is 12.1 Å². The molecule has 0 aromatic heterocycles. The normalized spacial score (nSPS) is 23.9. The number of hydrogen-bond acceptors (Lipinski definition) is 3. The third-order valence-electron chi connectivity index (χ3n) is 2.86. The van der Waals surface area contributed by atoms with E-state index in [2.05, 4.69) is 10.6 Å². The first-order chi connectivity index (χ1) is 8.15. The predicted octanol–water partition coefficient (Wildman–Crippen LogP) is 0.401. The first kappa shape index (κ1) is 11.7. The van der Waals surface area contributed by atoms with E-state index in [1.807, 2.05) is 0 Å². The van der Waals surface area contributed by atoms with Gasteiger partial charge in [-0.1, -0.05) is 18.2 Å². The number of ketones is 1. The van der Waals surface area contributed by atoms with E-state index in [-0.39, 0.29) is 23.8 Å². The second-order valence-electron chi connectivity index (χ2n) is 3.98. The Morgan fingerprint density at radius 1 is 1.35 bits per heavy atom. The van der Waals surface area contributed by atoms with E-state index < -0.39 is 17.8 Å². The van der Waals surface area contributed by atoms with Crippen molar-refractivity contribution in [1.29, 1.82) is 0 Å². The molecule has 0 bridgehead atoms. The lowest BCUT2D eigenvalue weighted by Crippen LogP contribution is -2.29. The lowest BCUT2D eigenvalue weighted by atomic mass is 9.98. The number of benzene rings is 1. The van der Waals surface area contributed by atoms with Gasteiger partial charge in [0.25, 0.3) is 0 Å². The van der Waals surface area contributed by atoms with Crippen LogP contribution in [-0.4, -0.2) is 25.3 Å². The zero-order valence-electron chi connectivity index (χ0n) is 9.37. The monoisotopic (exact) mass is 236 g/mol. The third kappa shape index (κ3) is 2.06. The van der Waals surface area contributed by atoms with Crippen molar-refractivity contribution in [3.63, 3.8) is 0 Å². The topological polar surface area (TPSA) is 58.2 Å². The van der Waals surface area contributed by atoms with Crippen LogP contribution in [0.5, 0.6) is 0 Å².